The maximum absolute atomic E-state index is 13.0. The number of rotatable bonds is 2. The van der Waals surface area contributed by atoms with Gasteiger partial charge in [0.25, 0.3) is 5.79 Å². The predicted octanol–water partition coefficient (Wildman–Crippen LogP) is 1.31. The summed E-state index contributed by atoms with van der Waals surface area (Å²) in [5.74, 6) is -8.59. The Bertz CT molecular complexity index is 231. The molecule has 1 aliphatic heterocycles. The molecule has 1 fully saturated rings. The van der Waals surface area contributed by atoms with Gasteiger partial charge in [-0.3, -0.25) is 0 Å². The molecule has 1 aliphatic rings. The molecule has 0 bridgehead atoms. The molecule has 1 heterocycles. The van der Waals surface area contributed by atoms with Crippen LogP contribution in [0.1, 0.15) is 6.92 Å². The van der Waals surface area contributed by atoms with Crippen molar-refractivity contribution in [1.29, 1.82) is 0 Å². The fourth-order valence-corrected chi connectivity index (χ4v) is 1.31. The highest BCUT2D eigenvalue weighted by Crippen LogP contribution is 2.48. The fraction of sp³-hybridized carbons (Fsp3) is 1.00. The van der Waals surface area contributed by atoms with Gasteiger partial charge in [-0.05, 0) is 6.92 Å². The van der Waals surface area contributed by atoms with E-state index < -0.39 is 37.2 Å². The van der Waals surface area contributed by atoms with Gasteiger partial charge in [-0.1, -0.05) is 0 Å². The zero-order valence-electron chi connectivity index (χ0n) is 7.65. The first-order valence-electron chi connectivity index (χ1n) is 4.05. The molecule has 0 amide bonds. The lowest BCUT2D eigenvalue weighted by Gasteiger charge is -2.37. The molecule has 0 aliphatic carbocycles. The number of hydrogen-bond acceptors (Lipinski definition) is 3. The highest BCUT2D eigenvalue weighted by molar-refractivity contribution is 4.98. The van der Waals surface area contributed by atoms with Crippen LogP contribution in [0.15, 0.2) is 0 Å². The number of aliphatic hydroxyl groups excluding tert-OH is 1. The van der Waals surface area contributed by atoms with Crippen molar-refractivity contribution in [3.05, 3.63) is 0 Å². The highest BCUT2D eigenvalue weighted by atomic mass is 19.4. The lowest BCUT2D eigenvalue weighted by molar-refractivity contribution is -0.408. The van der Waals surface area contributed by atoms with Gasteiger partial charge in [-0.2, -0.15) is 22.0 Å². The van der Waals surface area contributed by atoms with E-state index in [1.165, 1.54) is 0 Å². The number of alkyl halides is 5. The lowest BCUT2D eigenvalue weighted by atomic mass is 10.0. The molecule has 1 unspecified atom stereocenters. The molecule has 0 radical (unpaired) electrons. The zero-order chi connectivity index (χ0) is 11.9. The van der Waals surface area contributed by atoms with E-state index in [9.17, 15) is 22.0 Å². The van der Waals surface area contributed by atoms with Crippen molar-refractivity contribution in [3.8, 4) is 0 Å². The molecule has 1 atom stereocenters. The van der Waals surface area contributed by atoms with Gasteiger partial charge in [0.15, 0.2) is 0 Å². The van der Waals surface area contributed by atoms with E-state index >= 15 is 0 Å². The highest BCUT2D eigenvalue weighted by Gasteiger charge is 2.75. The number of aliphatic hydroxyl groups is 1. The van der Waals surface area contributed by atoms with Crippen molar-refractivity contribution >= 4 is 0 Å². The van der Waals surface area contributed by atoms with E-state index in [0.29, 0.717) is 0 Å². The Hall–Kier alpha value is -0.470. The summed E-state index contributed by atoms with van der Waals surface area (Å²) >= 11 is 0. The molecular weight excluding hydrogens is 227 g/mol. The van der Waals surface area contributed by atoms with Crippen LogP contribution in [0.2, 0.25) is 0 Å². The predicted molar refractivity (Wildman–Crippen MR) is 37.3 cm³/mol. The van der Waals surface area contributed by atoms with Gasteiger partial charge in [-0.15, -0.1) is 0 Å². The summed E-state index contributed by atoms with van der Waals surface area (Å²) in [6.07, 6.45) is -7.94. The number of ether oxygens (including phenoxy) is 2. The number of halogens is 5. The quantitative estimate of drug-likeness (QED) is 0.734. The molecule has 0 aromatic rings. The molecule has 0 spiro atoms. The van der Waals surface area contributed by atoms with E-state index in [-0.39, 0.29) is 0 Å². The Kier molecular flexibility index (Phi) is 2.97. The van der Waals surface area contributed by atoms with Crippen LogP contribution in [0.5, 0.6) is 0 Å². The van der Waals surface area contributed by atoms with Crippen LogP contribution in [0.3, 0.4) is 0 Å². The smallest absolute Gasteiger partial charge is 0.388 e. The van der Waals surface area contributed by atoms with E-state index in [0.717, 1.165) is 6.92 Å². The third-order valence-corrected chi connectivity index (χ3v) is 2.06. The van der Waals surface area contributed by atoms with Crippen molar-refractivity contribution < 1.29 is 36.5 Å². The fourth-order valence-electron chi connectivity index (χ4n) is 1.31. The largest absolute Gasteiger partial charge is 0.459 e. The molecule has 8 heteroatoms. The van der Waals surface area contributed by atoms with E-state index in [1.807, 2.05) is 0 Å². The molecule has 0 saturated carbocycles. The Morgan fingerprint density at radius 1 is 1.13 bits per heavy atom. The zero-order valence-corrected chi connectivity index (χ0v) is 7.65. The first kappa shape index (κ1) is 12.6. The number of hydrogen-bond donors (Lipinski definition) is 1. The summed E-state index contributed by atoms with van der Waals surface area (Å²) in [5.41, 5.74) is 0. The van der Waals surface area contributed by atoms with E-state index in [4.69, 9.17) is 5.11 Å². The summed E-state index contributed by atoms with van der Waals surface area (Å²) < 4.78 is 70.7. The van der Waals surface area contributed by atoms with Crippen LogP contribution in [-0.4, -0.2) is 42.3 Å². The van der Waals surface area contributed by atoms with Crippen molar-refractivity contribution in [3.63, 3.8) is 0 Å². The second kappa shape index (κ2) is 3.53. The summed E-state index contributed by atoms with van der Waals surface area (Å²) in [4.78, 5) is 0. The molecule has 90 valence electrons. The Labute approximate surface area is 81.8 Å². The Morgan fingerprint density at radius 3 is 1.80 bits per heavy atom. The van der Waals surface area contributed by atoms with Gasteiger partial charge >= 0.3 is 12.1 Å². The molecule has 3 nitrogen and oxygen atoms in total. The molecule has 0 aromatic carbocycles. The van der Waals surface area contributed by atoms with Crippen LogP contribution in [0.25, 0.3) is 0 Å². The summed E-state index contributed by atoms with van der Waals surface area (Å²) in [6.45, 7) is -0.0852. The first-order valence-corrected chi connectivity index (χ1v) is 4.05. The summed E-state index contributed by atoms with van der Waals surface area (Å²) in [7, 11) is 0. The lowest BCUT2D eigenvalue weighted by Crippen LogP contribution is -2.63. The van der Waals surface area contributed by atoms with Crippen molar-refractivity contribution in [1.82, 2.24) is 0 Å². The first-order chi connectivity index (χ1) is 6.65. The summed E-state index contributed by atoms with van der Waals surface area (Å²) in [5, 5.41) is 8.97. The topological polar surface area (TPSA) is 38.7 Å². The Balaban J connectivity index is 3.10. The second-order valence-electron chi connectivity index (χ2n) is 3.11. The molecule has 1 rings (SSSR count). The van der Waals surface area contributed by atoms with Crippen molar-refractivity contribution in [2.75, 3.05) is 13.2 Å². The van der Waals surface area contributed by atoms with Crippen molar-refractivity contribution in [2.24, 2.45) is 0 Å². The minimum absolute atomic E-state index is 0.420. The average Bonchev–Trinajstić information content (AvgIpc) is 2.50. The normalized spacial score (nSPS) is 24.2. The van der Waals surface area contributed by atoms with E-state index in [1.54, 1.807) is 0 Å². The van der Waals surface area contributed by atoms with Gasteiger partial charge in [0.05, 0.1) is 13.2 Å². The maximum atomic E-state index is 13.0. The Morgan fingerprint density at radius 2 is 1.53 bits per heavy atom. The second-order valence-corrected chi connectivity index (χ2v) is 3.11. The van der Waals surface area contributed by atoms with Gasteiger partial charge < -0.3 is 14.6 Å². The minimum atomic E-state index is -5.84. The molecule has 0 aromatic heterocycles. The van der Waals surface area contributed by atoms with Gasteiger partial charge in [0.1, 0.15) is 6.10 Å². The minimum Gasteiger partial charge on any atom is -0.388 e. The van der Waals surface area contributed by atoms with Crippen LogP contribution >= 0.6 is 0 Å². The monoisotopic (exact) mass is 236 g/mol. The molecule has 1 saturated heterocycles. The maximum Gasteiger partial charge on any atom is 0.459 e. The van der Waals surface area contributed by atoms with Gasteiger partial charge in [-0.25, -0.2) is 0 Å². The van der Waals surface area contributed by atoms with Gasteiger partial charge in [0.2, 0.25) is 0 Å². The van der Waals surface area contributed by atoms with Crippen LogP contribution in [0.4, 0.5) is 22.0 Å². The molecular formula is C7H9F5O3. The van der Waals surface area contributed by atoms with Gasteiger partial charge in [0, 0.05) is 0 Å². The van der Waals surface area contributed by atoms with Crippen LogP contribution in [0, 0.1) is 0 Å². The average molecular weight is 236 g/mol. The van der Waals surface area contributed by atoms with Crippen LogP contribution in [-0.2, 0) is 9.47 Å². The van der Waals surface area contributed by atoms with Crippen LogP contribution < -0.4 is 0 Å². The standard InChI is InChI=1S/C7H9F5O3/c1-4(13)5(14-2-3-15-5)6(8,9)7(10,11)12/h4,13H,2-3H2,1H3. The third kappa shape index (κ3) is 1.70. The molecule has 1 N–H and O–H groups in total. The van der Waals surface area contributed by atoms with Crippen molar-refractivity contribution in [2.45, 2.75) is 30.9 Å². The summed E-state index contributed by atoms with van der Waals surface area (Å²) in [6, 6.07) is 0. The molecule has 15 heavy (non-hydrogen) atoms. The third-order valence-electron chi connectivity index (χ3n) is 2.06. The SMILES string of the molecule is CC(O)C1(C(F)(F)C(F)(F)F)OCCO1. The van der Waals surface area contributed by atoms with E-state index in [2.05, 4.69) is 9.47 Å².